The molecule has 1 aromatic rings. The Kier molecular flexibility index (Phi) is 8.96. The van der Waals surface area contributed by atoms with Gasteiger partial charge < -0.3 is 5.32 Å². The van der Waals surface area contributed by atoms with Crippen LogP contribution in [-0.4, -0.2) is 23.4 Å². The van der Waals surface area contributed by atoms with Crippen molar-refractivity contribution in [2.24, 2.45) is 0 Å². The molecular formula is C25H34N2O. The van der Waals surface area contributed by atoms with Crippen molar-refractivity contribution in [2.75, 3.05) is 6.54 Å². The van der Waals surface area contributed by atoms with Gasteiger partial charge in [0, 0.05) is 17.8 Å². The molecule has 1 atom stereocenters. The molecule has 0 spiro atoms. The fourth-order valence-corrected chi connectivity index (χ4v) is 3.67. The Morgan fingerprint density at radius 2 is 2.07 bits per heavy atom. The number of hydrogen-bond acceptors (Lipinski definition) is 2. The van der Waals surface area contributed by atoms with Crippen molar-refractivity contribution < 1.29 is 4.79 Å². The van der Waals surface area contributed by atoms with Gasteiger partial charge >= 0.3 is 0 Å². The summed E-state index contributed by atoms with van der Waals surface area (Å²) in [6.07, 6.45) is 12.1. The molecule has 1 aromatic carbocycles. The highest BCUT2D eigenvalue weighted by molar-refractivity contribution is 5.84. The van der Waals surface area contributed by atoms with E-state index in [1.54, 1.807) is 0 Å². The highest BCUT2D eigenvalue weighted by atomic mass is 16.2. The number of nitrogens with one attached hydrogen (secondary N) is 1. The molecule has 1 fully saturated rings. The molecule has 1 aliphatic rings. The van der Waals surface area contributed by atoms with Gasteiger partial charge in [0.1, 0.15) is 0 Å². The van der Waals surface area contributed by atoms with Crippen LogP contribution in [0.5, 0.6) is 0 Å². The van der Waals surface area contributed by atoms with Gasteiger partial charge in [-0.3, -0.25) is 9.69 Å². The van der Waals surface area contributed by atoms with Crippen LogP contribution in [0.25, 0.3) is 0 Å². The van der Waals surface area contributed by atoms with E-state index in [0.29, 0.717) is 0 Å². The predicted octanol–water partition coefficient (Wildman–Crippen LogP) is 5.53. The van der Waals surface area contributed by atoms with Gasteiger partial charge in [0.15, 0.2) is 0 Å². The lowest BCUT2D eigenvalue weighted by molar-refractivity contribution is -0.124. The van der Waals surface area contributed by atoms with Gasteiger partial charge in [0.05, 0.1) is 6.04 Å². The average molecular weight is 379 g/mol. The predicted molar refractivity (Wildman–Crippen MR) is 119 cm³/mol. The van der Waals surface area contributed by atoms with Gasteiger partial charge in [-0.05, 0) is 56.9 Å². The number of benzene rings is 1. The molecule has 1 heterocycles. The number of carbonyl (C=O) groups is 1. The number of rotatable bonds is 9. The van der Waals surface area contributed by atoms with E-state index in [1.807, 2.05) is 31.2 Å². The van der Waals surface area contributed by atoms with Crippen LogP contribution in [0.2, 0.25) is 0 Å². The summed E-state index contributed by atoms with van der Waals surface area (Å²) < 4.78 is 0. The second-order valence-electron chi connectivity index (χ2n) is 7.31. The molecule has 0 aromatic heterocycles. The van der Waals surface area contributed by atoms with Gasteiger partial charge in [0.2, 0.25) is 5.91 Å². The zero-order chi connectivity index (χ0) is 20.4. The quantitative estimate of drug-likeness (QED) is 0.573. The normalized spacial score (nSPS) is 19.0. The van der Waals surface area contributed by atoms with E-state index in [0.717, 1.165) is 55.6 Å². The van der Waals surface area contributed by atoms with Crippen molar-refractivity contribution in [3.8, 4) is 0 Å². The van der Waals surface area contributed by atoms with Crippen LogP contribution < -0.4 is 5.32 Å². The number of carbonyl (C=O) groups excluding carboxylic acids is 1. The number of unbranched alkanes of at least 4 members (excludes halogenated alkanes) is 1. The molecule has 1 aliphatic heterocycles. The average Bonchev–Trinajstić information content (AvgIpc) is 3.16. The zero-order valence-electron chi connectivity index (χ0n) is 17.6. The minimum Gasteiger partial charge on any atom is -0.324 e. The molecule has 2 rings (SSSR count). The second-order valence-corrected chi connectivity index (χ2v) is 7.31. The number of hydrogen-bond donors (Lipinski definition) is 1. The van der Waals surface area contributed by atoms with Crippen molar-refractivity contribution in [1.82, 2.24) is 10.2 Å². The number of amides is 1. The van der Waals surface area contributed by atoms with Crippen LogP contribution in [0.4, 0.5) is 0 Å². The smallest absolute Gasteiger partial charge is 0.241 e. The zero-order valence-corrected chi connectivity index (χ0v) is 17.6. The van der Waals surface area contributed by atoms with E-state index in [4.69, 9.17) is 0 Å². The minimum atomic E-state index is -0.0912. The summed E-state index contributed by atoms with van der Waals surface area (Å²) >= 11 is 0. The lowest BCUT2D eigenvalue weighted by atomic mass is 10.0. The standard InChI is InChI=1S/C25H34N2O/c1-5-8-14-20(4)22(7-3)23(13-6-2)26-25(28)24-17-12-18-27(24)19-21-15-10-9-11-16-21/h6-7,9-11,13-16,24H,3,5,8,12,17-19H2,1-2,4H3,(H,26,28). The highest BCUT2D eigenvalue weighted by Gasteiger charge is 2.31. The first-order valence-electron chi connectivity index (χ1n) is 10.4. The third-order valence-corrected chi connectivity index (χ3v) is 5.14. The van der Waals surface area contributed by atoms with E-state index >= 15 is 0 Å². The first-order valence-corrected chi connectivity index (χ1v) is 10.4. The van der Waals surface area contributed by atoms with Crippen molar-refractivity contribution in [3.63, 3.8) is 0 Å². The molecule has 28 heavy (non-hydrogen) atoms. The largest absolute Gasteiger partial charge is 0.324 e. The molecule has 1 unspecified atom stereocenters. The number of allylic oxidation sites excluding steroid dienone is 6. The van der Waals surface area contributed by atoms with E-state index in [2.05, 4.69) is 61.0 Å². The third-order valence-electron chi connectivity index (χ3n) is 5.14. The van der Waals surface area contributed by atoms with Crippen LogP contribution >= 0.6 is 0 Å². The summed E-state index contributed by atoms with van der Waals surface area (Å²) in [5, 5.41) is 3.18. The van der Waals surface area contributed by atoms with E-state index in [-0.39, 0.29) is 11.9 Å². The number of likely N-dealkylation sites (tertiary alicyclic amines) is 1. The fraction of sp³-hybridized carbons (Fsp3) is 0.400. The molecule has 3 heteroatoms. The van der Waals surface area contributed by atoms with Crippen molar-refractivity contribution in [1.29, 1.82) is 0 Å². The minimum absolute atomic E-state index is 0.0733. The Morgan fingerprint density at radius 3 is 2.71 bits per heavy atom. The lowest BCUT2D eigenvalue weighted by Gasteiger charge is -2.24. The van der Waals surface area contributed by atoms with Gasteiger partial charge in [-0.15, -0.1) is 0 Å². The SMILES string of the molecule is C=CC(C(C)=CCCC)=C(C=CC)NC(=O)C1CCCN1Cc1ccccc1. The second kappa shape index (κ2) is 11.5. The number of nitrogens with zero attached hydrogens (tertiary/aromatic N) is 1. The first kappa shape index (κ1) is 21.9. The van der Waals surface area contributed by atoms with Gasteiger partial charge in [-0.1, -0.05) is 68.5 Å². The Morgan fingerprint density at radius 1 is 1.32 bits per heavy atom. The topological polar surface area (TPSA) is 32.3 Å². The Labute approximate surface area is 170 Å². The molecule has 1 N–H and O–H groups in total. The summed E-state index contributed by atoms with van der Waals surface area (Å²) in [6, 6.07) is 10.3. The molecule has 3 nitrogen and oxygen atoms in total. The lowest BCUT2D eigenvalue weighted by Crippen LogP contribution is -2.42. The van der Waals surface area contributed by atoms with E-state index < -0.39 is 0 Å². The summed E-state index contributed by atoms with van der Waals surface area (Å²) in [7, 11) is 0. The fourth-order valence-electron chi connectivity index (χ4n) is 3.67. The molecule has 150 valence electrons. The summed E-state index contributed by atoms with van der Waals surface area (Å²) in [6.45, 7) is 12.0. The molecule has 0 radical (unpaired) electrons. The van der Waals surface area contributed by atoms with Crippen LogP contribution in [0.15, 0.2) is 78.1 Å². The third kappa shape index (κ3) is 6.07. The summed E-state index contributed by atoms with van der Waals surface area (Å²) in [5.41, 5.74) is 4.22. The molecule has 0 aliphatic carbocycles. The van der Waals surface area contributed by atoms with Crippen LogP contribution in [0, 0.1) is 0 Å². The Bertz CT molecular complexity index is 743. The van der Waals surface area contributed by atoms with Crippen LogP contribution in [0.3, 0.4) is 0 Å². The summed E-state index contributed by atoms with van der Waals surface area (Å²) in [5.74, 6) is 0.0733. The molecular weight excluding hydrogens is 344 g/mol. The maximum absolute atomic E-state index is 13.1. The van der Waals surface area contributed by atoms with Crippen molar-refractivity contribution >= 4 is 5.91 Å². The monoisotopic (exact) mass is 378 g/mol. The maximum atomic E-state index is 13.1. The van der Waals surface area contributed by atoms with Crippen LogP contribution in [-0.2, 0) is 11.3 Å². The summed E-state index contributed by atoms with van der Waals surface area (Å²) in [4.78, 5) is 15.4. The van der Waals surface area contributed by atoms with E-state index in [9.17, 15) is 4.79 Å². The Hall–Kier alpha value is -2.39. The molecule has 1 amide bonds. The maximum Gasteiger partial charge on any atom is 0.241 e. The van der Waals surface area contributed by atoms with Crippen LogP contribution in [0.1, 0.15) is 52.0 Å². The molecule has 0 saturated carbocycles. The van der Waals surface area contributed by atoms with Crippen molar-refractivity contribution in [2.45, 2.75) is 59.0 Å². The van der Waals surface area contributed by atoms with E-state index in [1.165, 1.54) is 5.56 Å². The first-order chi connectivity index (χ1) is 13.6. The molecule has 0 bridgehead atoms. The van der Waals surface area contributed by atoms with Gasteiger partial charge in [-0.25, -0.2) is 0 Å². The Balaban J connectivity index is 2.18. The van der Waals surface area contributed by atoms with Gasteiger partial charge in [-0.2, -0.15) is 0 Å². The molecule has 1 saturated heterocycles. The van der Waals surface area contributed by atoms with Gasteiger partial charge in [0.25, 0.3) is 0 Å². The highest BCUT2D eigenvalue weighted by Crippen LogP contribution is 2.22. The van der Waals surface area contributed by atoms with Crippen molar-refractivity contribution in [3.05, 3.63) is 83.6 Å².